The van der Waals surface area contributed by atoms with E-state index >= 15 is 0 Å². The van der Waals surface area contributed by atoms with Gasteiger partial charge in [0, 0.05) is 35.9 Å². The predicted molar refractivity (Wildman–Crippen MR) is 115 cm³/mol. The van der Waals surface area contributed by atoms with Crippen LogP contribution >= 0.6 is 11.9 Å². The summed E-state index contributed by atoms with van der Waals surface area (Å²) in [7, 11) is 0. The van der Waals surface area contributed by atoms with Crippen molar-refractivity contribution < 1.29 is 23.9 Å². The van der Waals surface area contributed by atoms with Crippen LogP contribution in [0.1, 0.15) is 23.7 Å². The lowest BCUT2D eigenvalue weighted by atomic mass is 9.97. The largest absolute Gasteiger partial charge is 0.482 e. The number of hydrogen-bond donors (Lipinski definition) is 0. The van der Waals surface area contributed by atoms with Crippen LogP contribution in [0.5, 0.6) is 5.75 Å². The molecule has 1 aliphatic heterocycles. The number of benzene rings is 1. The quantitative estimate of drug-likeness (QED) is 0.275. The monoisotopic (exact) mass is 426 g/mol. The molecule has 0 fully saturated rings. The highest BCUT2D eigenvalue weighted by Gasteiger charge is 2.31. The van der Waals surface area contributed by atoms with Gasteiger partial charge in [-0.3, -0.25) is 9.59 Å². The molecule has 0 spiro atoms. The van der Waals surface area contributed by atoms with Gasteiger partial charge in [-0.05, 0) is 66.7 Å². The SMILES string of the molecule is CCOC(=O)COc1ccc(C(=O)CN2CC3=C(C=CC(=C=NSC)C3)C2=O)cc1. The van der Waals surface area contributed by atoms with Gasteiger partial charge in [0.2, 0.25) is 0 Å². The van der Waals surface area contributed by atoms with E-state index in [2.05, 4.69) is 10.3 Å². The van der Waals surface area contributed by atoms with E-state index in [0.29, 0.717) is 36.5 Å². The zero-order valence-corrected chi connectivity index (χ0v) is 17.7. The molecule has 1 aromatic rings. The van der Waals surface area contributed by atoms with Crippen LogP contribution in [0.2, 0.25) is 0 Å². The van der Waals surface area contributed by atoms with Gasteiger partial charge in [0.15, 0.2) is 12.4 Å². The van der Waals surface area contributed by atoms with E-state index in [4.69, 9.17) is 9.47 Å². The number of allylic oxidation sites excluding steroid dienone is 2. The molecule has 0 radical (unpaired) electrons. The van der Waals surface area contributed by atoms with Crippen molar-refractivity contribution in [2.45, 2.75) is 13.3 Å². The van der Waals surface area contributed by atoms with Gasteiger partial charge in [-0.15, -0.1) is 0 Å². The molecule has 0 aromatic heterocycles. The molecular weight excluding hydrogens is 404 g/mol. The molecule has 2 aliphatic rings. The number of carbonyl (C=O) groups is 3. The maximum Gasteiger partial charge on any atom is 0.344 e. The van der Waals surface area contributed by atoms with E-state index in [9.17, 15) is 14.4 Å². The Morgan fingerprint density at radius 1 is 1.23 bits per heavy atom. The van der Waals surface area contributed by atoms with Crippen molar-refractivity contribution in [3.8, 4) is 5.75 Å². The number of carbonyl (C=O) groups excluding carboxylic acids is 3. The summed E-state index contributed by atoms with van der Waals surface area (Å²) in [4.78, 5) is 38.2. The molecule has 0 saturated carbocycles. The summed E-state index contributed by atoms with van der Waals surface area (Å²) in [5.74, 6) is 2.67. The maximum absolute atomic E-state index is 12.6. The lowest BCUT2D eigenvalue weighted by molar-refractivity contribution is -0.145. The highest BCUT2D eigenvalue weighted by Crippen LogP contribution is 2.29. The minimum atomic E-state index is -0.451. The second-order valence-electron chi connectivity index (χ2n) is 6.64. The van der Waals surface area contributed by atoms with E-state index in [1.807, 2.05) is 12.3 Å². The number of esters is 1. The Labute approximate surface area is 179 Å². The summed E-state index contributed by atoms with van der Waals surface area (Å²) < 4.78 is 14.2. The summed E-state index contributed by atoms with van der Waals surface area (Å²) in [6.07, 6.45) is 6.09. The van der Waals surface area contributed by atoms with Crippen LogP contribution in [0.4, 0.5) is 0 Å². The van der Waals surface area contributed by atoms with E-state index in [1.54, 1.807) is 42.2 Å². The smallest absolute Gasteiger partial charge is 0.344 e. The molecule has 0 unspecified atom stereocenters. The molecule has 1 heterocycles. The highest BCUT2D eigenvalue weighted by molar-refractivity contribution is 7.97. The summed E-state index contributed by atoms with van der Waals surface area (Å²) in [6, 6.07) is 6.48. The number of nitrogens with zero attached hydrogens (tertiary/aromatic N) is 2. The van der Waals surface area contributed by atoms with Gasteiger partial charge in [-0.2, -0.15) is 4.40 Å². The first kappa shape index (κ1) is 21.6. The van der Waals surface area contributed by atoms with Gasteiger partial charge in [0.05, 0.1) is 13.2 Å². The molecular formula is C22H22N2O5S. The lowest BCUT2D eigenvalue weighted by Crippen LogP contribution is -2.32. The highest BCUT2D eigenvalue weighted by atomic mass is 32.2. The summed E-state index contributed by atoms with van der Waals surface area (Å²) >= 11 is 1.32. The molecule has 7 nitrogen and oxygen atoms in total. The van der Waals surface area contributed by atoms with Gasteiger partial charge in [0.25, 0.3) is 5.91 Å². The third-order valence-corrected chi connectivity index (χ3v) is 4.86. The molecule has 1 aromatic carbocycles. The Morgan fingerprint density at radius 3 is 2.70 bits per heavy atom. The molecule has 0 N–H and O–H groups in total. The van der Waals surface area contributed by atoms with Crippen molar-refractivity contribution in [2.24, 2.45) is 4.40 Å². The Bertz CT molecular complexity index is 972. The molecule has 0 bridgehead atoms. The zero-order valence-electron chi connectivity index (χ0n) is 16.8. The third-order valence-electron chi connectivity index (χ3n) is 4.59. The molecule has 30 heavy (non-hydrogen) atoms. The molecule has 156 valence electrons. The van der Waals surface area contributed by atoms with Crippen molar-refractivity contribution in [1.29, 1.82) is 0 Å². The molecule has 1 amide bonds. The van der Waals surface area contributed by atoms with Gasteiger partial charge in [-0.1, -0.05) is 0 Å². The first-order valence-electron chi connectivity index (χ1n) is 9.48. The average molecular weight is 426 g/mol. The van der Waals surface area contributed by atoms with Crippen LogP contribution in [0.25, 0.3) is 0 Å². The van der Waals surface area contributed by atoms with E-state index in [-0.39, 0.29) is 24.8 Å². The first-order valence-corrected chi connectivity index (χ1v) is 10.7. The van der Waals surface area contributed by atoms with Crippen LogP contribution in [-0.2, 0) is 14.3 Å². The second kappa shape index (κ2) is 10.1. The first-order chi connectivity index (χ1) is 14.5. The lowest BCUT2D eigenvalue weighted by Gasteiger charge is -2.16. The molecule has 0 saturated heterocycles. The van der Waals surface area contributed by atoms with E-state index in [0.717, 1.165) is 11.1 Å². The summed E-state index contributed by atoms with van der Waals surface area (Å²) in [5, 5.41) is 0. The normalized spacial score (nSPS) is 15.1. The Morgan fingerprint density at radius 2 is 2.00 bits per heavy atom. The number of Topliss-reactive ketones (excluding diaryl/α,β-unsaturated/α-hetero) is 1. The van der Waals surface area contributed by atoms with Crippen molar-refractivity contribution in [2.75, 3.05) is 32.6 Å². The van der Waals surface area contributed by atoms with Crippen molar-refractivity contribution in [3.05, 3.63) is 58.7 Å². The minimum Gasteiger partial charge on any atom is -0.482 e. The second-order valence-corrected chi connectivity index (χ2v) is 7.19. The van der Waals surface area contributed by atoms with Crippen LogP contribution in [0.3, 0.4) is 0 Å². The van der Waals surface area contributed by atoms with Gasteiger partial charge >= 0.3 is 5.97 Å². The van der Waals surface area contributed by atoms with Crippen molar-refractivity contribution in [3.63, 3.8) is 0 Å². The van der Waals surface area contributed by atoms with Crippen molar-refractivity contribution in [1.82, 2.24) is 4.90 Å². The summed E-state index contributed by atoms with van der Waals surface area (Å²) in [6.45, 7) is 2.26. The van der Waals surface area contributed by atoms with E-state index in [1.165, 1.54) is 11.9 Å². The van der Waals surface area contributed by atoms with Crippen molar-refractivity contribution >= 4 is 35.5 Å². The number of rotatable bonds is 8. The summed E-state index contributed by atoms with van der Waals surface area (Å²) in [5.41, 5.74) is 3.03. The zero-order chi connectivity index (χ0) is 21.5. The Balaban J connectivity index is 1.57. The Hall–Kier alpha value is -3.09. The number of ether oxygens (including phenoxy) is 2. The van der Waals surface area contributed by atoms with Gasteiger partial charge in [0.1, 0.15) is 5.75 Å². The number of ketones is 1. The average Bonchev–Trinajstić information content (AvgIpc) is 3.06. The fraction of sp³-hybridized carbons (Fsp3) is 0.318. The van der Waals surface area contributed by atoms with E-state index < -0.39 is 5.97 Å². The number of hydrogen-bond acceptors (Lipinski definition) is 7. The Kier molecular flexibility index (Phi) is 7.27. The molecule has 0 atom stereocenters. The third kappa shape index (κ3) is 5.28. The van der Waals surface area contributed by atoms with Crippen LogP contribution in [0, 0.1) is 0 Å². The number of amides is 1. The fourth-order valence-electron chi connectivity index (χ4n) is 3.18. The topological polar surface area (TPSA) is 85.3 Å². The van der Waals surface area contributed by atoms with Crippen LogP contribution in [0.15, 0.2) is 57.5 Å². The van der Waals surface area contributed by atoms with Gasteiger partial charge < -0.3 is 14.4 Å². The molecule has 1 aliphatic carbocycles. The fourth-order valence-corrected chi connectivity index (χ4v) is 3.39. The van der Waals surface area contributed by atoms with Gasteiger partial charge in [-0.25, -0.2) is 4.79 Å². The molecule has 3 rings (SSSR count). The minimum absolute atomic E-state index is 0.000647. The van der Waals surface area contributed by atoms with Crippen LogP contribution in [-0.4, -0.2) is 61.0 Å². The maximum atomic E-state index is 12.6. The predicted octanol–water partition coefficient (Wildman–Crippen LogP) is 2.78. The standard InChI is InChI=1S/C22H22N2O5S/c1-3-28-21(26)14-29-18-7-5-16(6-8-18)20(25)13-24-12-17-10-15(11-23-30-2)4-9-19(17)22(24)27/h4-9H,3,10,12-14H2,1-2H3. The molecule has 8 heteroatoms. The van der Waals surface area contributed by atoms with Crippen LogP contribution < -0.4 is 4.74 Å².